The third kappa shape index (κ3) is 9.93. The molecule has 0 bridgehead atoms. The highest BCUT2D eigenvalue weighted by atomic mass is 127. The van der Waals surface area contributed by atoms with Gasteiger partial charge in [-0.3, -0.25) is 4.99 Å². The van der Waals surface area contributed by atoms with E-state index in [9.17, 15) is 5.11 Å². The van der Waals surface area contributed by atoms with Gasteiger partial charge in [-0.25, -0.2) is 0 Å². The Hall–Kier alpha value is -0.320. The molecule has 2 rings (SSSR count). The minimum absolute atomic E-state index is 0. The van der Waals surface area contributed by atoms with E-state index in [-0.39, 0.29) is 36.6 Å². The van der Waals surface area contributed by atoms with Gasteiger partial charge >= 0.3 is 0 Å². The van der Waals surface area contributed by atoms with E-state index in [2.05, 4.69) is 15.6 Å². The van der Waals surface area contributed by atoms with Gasteiger partial charge < -0.3 is 25.2 Å². The Bertz CT molecular complexity index is 582. The summed E-state index contributed by atoms with van der Waals surface area (Å²) in [6.45, 7) is 5.87. The van der Waals surface area contributed by atoms with Crippen molar-refractivity contribution in [3.05, 3.63) is 33.8 Å². The second kappa shape index (κ2) is 14.6. The second-order valence-electron chi connectivity index (χ2n) is 6.43. The van der Waals surface area contributed by atoms with Crippen molar-refractivity contribution in [1.82, 2.24) is 10.6 Å². The number of nitrogens with zero attached hydrogens (tertiary/aromatic N) is 1. The fourth-order valence-electron chi connectivity index (χ4n) is 2.76. The van der Waals surface area contributed by atoms with Crippen molar-refractivity contribution in [3.8, 4) is 0 Å². The fraction of sp³-hybridized carbons (Fsp3) is 0.632. The van der Waals surface area contributed by atoms with Crippen molar-refractivity contribution in [2.45, 2.75) is 38.4 Å². The largest absolute Gasteiger partial charge is 0.386 e. The molecule has 1 aliphatic heterocycles. The maximum atomic E-state index is 10.3. The maximum Gasteiger partial charge on any atom is 0.191 e. The Balaban J connectivity index is 0.00000392. The monoisotopic (exact) mass is 545 g/mol. The van der Waals surface area contributed by atoms with E-state index in [0.29, 0.717) is 34.8 Å². The molecule has 6 nitrogen and oxygen atoms in total. The highest BCUT2D eigenvalue weighted by Crippen LogP contribution is 2.23. The molecule has 2 unspecified atom stereocenters. The molecule has 0 radical (unpaired) electrons. The smallest absolute Gasteiger partial charge is 0.191 e. The molecule has 0 amide bonds. The first kappa shape index (κ1) is 25.7. The first-order chi connectivity index (χ1) is 13.1. The highest BCUT2D eigenvalue weighted by molar-refractivity contribution is 14.0. The van der Waals surface area contributed by atoms with E-state index in [4.69, 9.17) is 32.7 Å². The molecular formula is C19H30Cl2IN3O3. The average molecular weight is 546 g/mol. The van der Waals surface area contributed by atoms with Gasteiger partial charge in [0, 0.05) is 36.3 Å². The topological polar surface area (TPSA) is 75.1 Å². The van der Waals surface area contributed by atoms with E-state index in [1.807, 2.05) is 6.92 Å². The number of hydrogen-bond donors (Lipinski definition) is 3. The standard InChI is InChI=1S/C19H29Cl2N3O3.HI/c1-2-22-19(23-6-4-7-26-13-17-5-3-8-27-17)24-12-18(25)14-9-15(20)11-16(21)10-14;/h9-11,17-18,25H,2-8,12-13H2,1H3,(H2,22,23,24);1H. The molecule has 0 aliphatic carbocycles. The molecule has 1 aliphatic rings. The lowest BCUT2D eigenvalue weighted by atomic mass is 10.1. The van der Waals surface area contributed by atoms with Gasteiger partial charge in [-0.05, 0) is 49.9 Å². The Labute approximate surface area is 194 Å². The number of guanidine groups is 1. The van der Waals surface area contributed by atoms with Crippen LogP contribution in [0.1, 0.15) is 37.9 Å². The van der Waals surface area contributed by atoms with Crippen LogP contribution >= 0.6 is 47.2 Å². The van der Waals surface area contributed by atoms with Crippen LogP contribution in [-0.2, 0) is 9.47 Å². The van der Waals surface area contributed by atoms with Gasteiger partial charge in [0.1, 0.15) is 0 Å². The minimum Gasteiger partial charge on any atom is -0.386 e. The summed E-state index contributed by atoms with van der Waals surface area (Å²) in [6, 6.07) is 5.02. The fourth-order valence-corrected chi connectivity index (χ4v) is 3.31. The summed E-state index contributed by atoms with van der Waals surface area (Å²) in [7, 11) is 0. The Kier molecular flexibility index (Phi) is 13.4. The molecule has 9 heteroatoms. The molecule has 1 fully saturated rings. The zero-order chi connectivity index (χ0) is 19.5. The number of nitrogens with one attached hydrogen (secondary N) is 2. The van der Waals surface area contributed by atoms with Crippen LogP contribution in [0.15, 0.2) is 23.2 Å². The third-order valence-corrected chi connectivity index (χ3v) is 4.56. The summed E-state index contributed by atoms with van der Waals surface area (Å²) in [6.07, 6.45) is 2.58. The summed E-state index contributed by atoms with van der Waals surface area (Å²) in [5, 5.41) is 17.7. The van der Waals surface area contributed by atoms with Gasteiger partial charge in [-0.15, -0.1) is 24.0 Å². The summed E-state index contributed by atoms with van der Waals surface area (Å²) < 4.78 is 11.2. The van der Waals surface area contributed by atoms with E-state index in [1.54, 1.807) is 18.2 Å². The molecule has 2 atom stereocenters. The van der Waals surface area contributed by atoms with E-state index in [1.165, 1.54) is 0 Å². The second-order valence-corrected chi connectivity index (χ2v) is 7.30. The van der Waals surface area contributed by atoms with Crippen molar-refractivity contribution in [1.29, 1.82) is 0 Å². The lowest BCUT2D eigenvalue weighted by Gasteiger charge is -2.14. The molecule has 160 valence electrons. The summed E-state index contributed by atoms with van der Waals surface area (Å²) >= 11 is 12.0. The molecule has 0 aromatic heterocycles. The van der Waals surface area contributed by atoms with Crippen LogP contribution in [-0.4, -0.2) is 56.6 Å². The summed E-state index contributed by atoms with van der Waals surface area (Å²) in [5.41, 5.74) is 0.648. The minimum atomic E-state index is -0.772. The van der Waals surface area contributed by atoms with Crippen LogP contribution in [0, 0.1) is 0 Å². The van der Waals surface area contributed by atoms with Gasteiger partial charge in [-0.2, -0.15) is 0 Å². The molecule has 28 heavy (non-hydrogen) atoms. The van der Waals surface area contributed by atoms with Crippen molar-refractivity contribution < 1.29 is 14.6 Å². The molecule has 0 spiro atoms. The average Bonchev–Trinajstić information content (AvgIpc) is 3.14. The summed E-state index contributed by atoms with van der Waals surface area (Å²) in [4.78, 5) is 4.43. The molecule has 3 N–H and O–H groups in total. The van der Waals surface area contributed by atoms with E-state index in [0.717, 1.165) is 39.0 Å². The van der Waals surface area contributed by atoms with E-state index < -0.39 is 6.10 Å². The van der Waals surface area contributed by atoms with Gasteiger partial charge in [0.05, 0.1) is 25.4 Å². The number of hydrogen-bond acceptors (Lipinski definition) is 4. The summed E-state index contributed by atoms with van der Waals surface area (Å²) in [5.74, 6) is 0.656. The maximum absolute atomic E-state index is 10.3. The Morgan fingerprint density at radius 1 is 1.32 bits per heavy atom. The van der Waals surface area contributed by atoms with Crippen LogP contribution in [0.25, 0.3) is 0 Å². The number of ether oxygens (including phenoxy) is 2. The highest BCUT2D eigenvalue weighted by Gasteiger charge is 2.15. The van der Waals surface area contributed by atoms with Crippen molar-refractivity contribution in [2.24, 2.45) is 4.99 Å². The van der Waals surface area contributed by atoms with Gasteiger partial charge in [0.2, 0.25) is 0 Å². The molecule has 1 aromatic rings. The van der Waals surface area contributed by atoms with Gasteiger partial charge in [0.15, 0.2) is 5.96 Å². The lowest BCUT2D eigenvalue weighted by molar-refractivity contribution is 0.0168. The van der Waals surface area contributed by atoms with Gasteiger partial charge in [0.25, 0.3) is 0 Å². The Morgan fingerprint density at radius 3 is 2.71 bits per heavy atom. The van der Waals surface area contributed by atoms with Crippen LogP contribution < -0.4 is 10.6 Å². The Morgan fingerprint density at radius 2 is 2.07 bits per heavy atom. The first-order valence-corrected chi connectivity index (χ1v) is 10.2. The van der Waals surface area contributed by atoms with E-state index >= 15 is 0 Å². The number of aliphatic hydroxyl groups excluding tert-OH is 1. The number of aliphatic hydroxyl groups is 1. The number of benzene rings is 1. The van der Waals surface area contributed by atoms with Crippen molar-refractivity contribution in [2.75, 3.05) is 39.5 Å². The third-order valence-electron chi connectivity index (χ3n) is 4.12. The van der Waals surface area contributed by atoms with Crippen LogP contribution in [0.4, 0.5) is 0 Å². The number of rotatable bonds is 10. The number of halogens is 3. The molecule has 0 saturated carbocycles. The van der Waals surface area contributed by atoms with Crippen LogP contribution in [0.3, 0.4) is 0 Å². The molecule has 1 saturated heterocycles. The molecule has 1 heterocycles. The van der Waals surface area contributed by atoms with Crippen molar-refractivity contribution >= 4 is 53.1 Å². The van der Waals surface area contributed by atoms with Crippen LogP contribution in [0.5, 0.6) is 0 Å². The molecule has 1 aromatic carbocycles. The zero-order valence-corrected chi connectivity index (χ0v) is 20.0. The van der Waals surface area contributed by atoms with Gasteiger partial charge in [-0.1, -0.05) is 23.2 Å². The molecular weight excluding hydrogens is 516 g/mol. The van der Waals surface area contributed by atoms with Crippen molar-refractivity contribution in [3.63, 3.8) is 0 Å². The first-order valence-electron chi connectivity index (χ1n) is 9.44. The van der Waals surface area contributed by atoms with Crippen LogP contribution in [0.2, 0.25) is 10.0 Å². The predicted octanol–water partition coefficient (Wildman–Crippen LogP) is 3.79. The lowest BCUT2D eigenvalue weighted by Crippen LogP contribution is -2.38. The normalized spacial score (nSPS) is 17.9. The predicted molar refractivity (Wildman–Crippen MR) is 125 cm³/mol. The number of aliphatic imine (C=N–C) groups is 1. The SMILES string of the molecule is CCNC(=NCC(O)c1cc(Cl)cc(Cl)c1)NCCCOCC1CCCO1.I. The zero-order valence-electron chi connectivity index (χ0n) is 16.1. The quantitative estimate of drug-likeness (QED) is 0.180.